The van der Waals surface area contributed by atoms with Crippen molar-refractivity contribution in [1.29, 1.82) is 0 Å². The van der Waals surface area contributed by atoms with E-state index in [2.05, 4.69) is 15.3 Å². The number of hydrogen-bond acceptors (Lipinski definition) is 5. The molecule has 0 saturated heterocycles. The second-order valence-electron chi connectivity index (χ2n) is 4.85. The Morgan fingerprint density at radius 3 is 2.78 bits per heavy atom. The summed E-state index contributed by atoms with van der Waals surface area (Å²) in [7, 11) is 0. The van der Waals surface area contributed by atoms with Gasteiger partial charge < -0.3 is 9.73 Å². The molecule has 116 valence electrons. The van der Waals surface area contributed by atoms with Gasteiger partial charge in [0.25, 0.3) is 5.56 Å². The molecule has 0 unspecified atom stereocenters. The van der Waals surface area contributed by atoms with Crippen LogP contribution < -0.4 is 10.9 Å². The molecular weight excluding hydrogens is 296 g/mol. The molecule has 1 amide bonds. The van der Waals surface area contributed by atoms with Crippen LogP contribution in [0.4, 0.5) is 0 Å². The highest BCUT2D eigenvalue weighted by Crippen LogP contribution is 2.14. The maximum Gasteiger partial charge on any atom is 0.254 e. The van der Waals surface area contributed by atoms with E-state index in [0.29, 0.717) is 18.0 Å². The smallest absolute Gasteiger partial charge is 0.254 e. The third-order valence-electron chi connectivity index (χ3n) is 3.21. The van der Waals surface area contributed by atoms with Crippen LogP contribution in [0.15, 0.2) is 64.5 Å². The van der Waals surface area contributed by atoms with Crippen LogP contribution in [0.25, 0.3) is 11.5 Å². The van der Waals surface area contributed by atoms with E-state index in [9.17, 15) is 9.59 Å². The lowest BCUT2D eigenvalue weighted by molar-refractivity contribution is -0.121. The largest absolute Gasteiger partial charge is 0.463 e. The molecule has 0 aliphatic rings. The van der Waals surface area contributed by atoms with Crippen LogP contribution in [0, 0.1) is 0 Å². The fourth-order valence-corrected chi connectivity index (χ4v) is 2.02. The van der Waals surface area contributed by atoms with Gasteiger partial charge >= 0.3 is 0 Å². The summed E-state index contributed by atoms with van der Waals surface area (Å²) < 4.78 is 6.43. The predicted octanol–water partition coefficient (Wildman–Crippen LogP) is 1.21. The second kappa shape index (κ2) is 6.69. The third kappa shape index (κ3) is 3.70. The average Bonchev–Trinajstić information content (AvgIpc) is 3.10. The summed E-state index contributed by atoms with van der Waals surface area (Å²) in [6, 6.07) is 8.40. The van der Waals surface area contributed by atoms with Crippen molar-refractivity contribution >= 4 is 5.91 Å². The summed E-state index contributed by atoms with van der Waals surface area (Å²) in [5.74, 6) is 0.243. The highest BCUT2D eigenvalue weighted by molar-refractivity contribution is 5.75. The summed E-state index contributed by atoms with van der Waals surface area (Å²) >= 11 is 0. The van der Waals surface area contributed by atoms with E-state index in [0.717, 1.165) is 5.56 Å². The number of aromatic nitrogens is 3. The molecule has 7 heteroatoms. The first-order valence-corrected chi connectivity index (χ1v) is 6.98. The van der Waals surface area contributed by atoms with Crippen LogP contribution in [0.1, 0.15) is 5.56 Å². The van der Waals surface area contributed by atoms with Crippen molar-refractivity contribution in [3.63, 3.8) is 0 Å². The highest BCUT2D eigenvalue weighted by atomic mass is 16.3. The SMILES string of the molecule is O=C(Cn1cnc(-c2ccco2)cc1=O)NCc1ccncc1. The fraction of sp³-hybridized carbons (Fsp3) is 0.125. The molecule has 0 saturated carbocycles. The summed E-state index contributed by atoms with van der Waals surface area (Å²) in [4.78, 5) is 32.0. The van der Waals surface area contributed by atoms with Crippen LogP contribution in [-0.2, 0) is 17.9 Å². The van der Waals surface area contributed by atoms with Crippen LogP contribution in [0.5, 0.6) is 0 Å². The fourth-order valence-electron chi connectivity index (χ4n) is 2.02. The average molecular weight is 310 g/mol. The van der Waals surface area contributed by atoms with Gasteiger partial charge in [-0.05, 0) is 29.8 Å². The molecule has 3 aromatic heterocycles. The Balaban J connectivity index is 1.63. The van der Waals surface area contributed by atoms with E-state index in [4.69, 9.17) is 4.42 Å². The van der Waals surface area contributed by atoms with E-state index < -0.39 is 0 Å². The Morgan fingerprint density at radius 2 is 2.09 bits per heavy atom. The van der Waals surface area contributed by atoms with Crippen molar-refractivity contribution in [3.8, 4) is 11.5 Å². The molecule has 0 aliphatic carbocycles. The number of carbonyl (C=O) groups excluding carboxylic acids is 1. The monoisotopic (exact) mass is 310 g/mol. The van der Waals surface area contributed by atoms with Gasteiger partial charge in [0.1, 0.15) is 12.2 Å². The Kier molecular flexibility index (Phi) is 4.28. The predicted molar refractivity (Wildman–Crippen MR) is 82.3 cm³/mol. The van der Waals surface area contributed by atoms with Crippen LogP contribution >= 0.6 is 0 Å². The van der Waals surface area contributed by atoms with Crippen molar-refractivity contribution in [2.75, 3.05) is 0 Å². The Morgan fingerprint density at radius 1 is 1.26 bits per heavy atom. The zero-order valence-corrected chi connectivity index (χ0v) is 12.2. The minimum Gasteiger partial charge on any atom is -0.463 e. The van der Waals surface area contributed by atoms with E-state index in [-0.39, 0.29) is 18.0 Å². The molecule has 0 atom stereocenters. The van der Waals surface area contributed by atoms with E-state index in [1.165, 1.54) is 23.2 Å². The normalized spacial score (nSPS) is 10.4. The molecular formula is C16H14N4O3. The number of hydrogen-bond donors (Lipinski definition) is 1. The molecule has 0 aromatic carbocycles. The lowest BCUT2D eigenvalue weighted by Gasteiger charge is -2.07. The zero-order chi connectivity index (χ0) is 16.1. The number of rotatable bonds is 5. The van der Waals surface area contributed by atoms with Gasteiger partial charge in [0.15, 0.2) is 5.76 Å². The molecule has 23 heavy (non-hydrogen) atoms. The first-order chi connectivity index (χ1) is 11.2. The standard InChI is InChI=1S/C16H14N4O3/c21-15(18-9-12-3-5-17-6-4-12)10-20-11-19-13(8-16(20)22)14-2-1-7-23-14/h1-8,11H,9-10H2,(H,18,21). The van der Waals surface area contributed by atoms with E-state index in [1.807, 2.05) is 12.1 Å². The first-order valence-electron chi connectivity index (χ1n) is 6.98. The van der Waals surface area contributed by atoms with Gasteiger partial charge in [-0.15, -0.1) is 0 Å². The van der Waals surface area contributed by atoms with Crippen molar-refractivity contribution in [3.05, 3.63) is 71.2 Å². The highest BCUT2D eigenvalue weighted by Gasteiger charge is 2.08. The molecule has 7 nitrogen and oxygen atoms in total. The molecule has 0 spiro atoms. The Bertz CT molecular complexity index is 841. The minimum absolute atomic E-state index is 0.0879. The van der Waals surface area contributed by atoms with E-state index >= 15 is 0 Å². The molecule has 0 aliphatic heterocycles. The van der Waals surface area contributed by atoms with E-state index in [1.54, 1.807) is 24.5 Å². The summed E-state index contributed by atoms with van der Waals surface area (Å²) in [5.41, 5.74) is 1.06. The van der Waals surface area contributed by atoms with Crippen molar-refractivity contribution in [2.24, 2.45) is 0 Å². The molecule has 3 aromatic rings. The Labute approximate surface area is 131 Å². The maximum atomic E-state index is 12.0. The van der Waals surface area contributed by atoms with Crippen molar-refractivity contribution < 1.29 is 9.21 Å². The second-order valence-corrected chi connectivity index (χ2v) is 4.85. The zero-order valence-electron chi connectivity index (χ0n) is 12.2. The van der Waals surface area contributed by atoms with Crippen LogP contribution in [0.2, 0.25) is 0 Å². The quantitative estimate of drug-likeness (QED) is 0.765. The molecule has 0 bridgehead atoms. The van der Waals surface area contributed by atoms with Gasteiger partial charge in [-0.25, -0.2) is 4.98 Å². The van der Waals surface area contributed by atoms with Gasteiger partial charge in [0.2, 0.25) is 5.91 Å². The topological polar surface area (TPSA) is 90.0 Å². The number of nitrogens with one attached hydrogen (secondary N) is 1. The summed E-state index contributed by atoms with van der Waals surface area (Å²) in [6.07, 6.45) is 6.16. The molecule has 1 N–H and O–H groups in total. The minimum atomic E-state index is -0.314. The van der Waals surface area contributed by atoms with Gasteiger partial charge in [-0.1, -0.05) is 0 Å². The molecule has 0 radical (unpaired) electrons. The molecule has 3 rings (SSSR count). The number of furan rings is 1. The van der Waals surface area contributed by atoms with Gasteiger partial charge in [-0.2, -0.15) is 0 Å². The first kappa shape index (κ1) is 14.7. The van der Waals surface area contributed by atoms with Gasteiger partial charge in [0, 0.05) is 25.0 Å². The number of pyridine rings is 1. The number of nitrogens with zero attached hydrogens (tertiary/aromatic N) is 3. The molecule has 3 heterocycles. The third-order valence-corrected chi connectivity index (χ3v) is 3.21. The number of carbonyl (C=O) groups is 1. The van der Waals surface area contributed by atoms with Gasteiger partial charge in [0.05, 0.1) is 12.6 Å². The van der Waals surface area contributed by atoms with Crippen LogP contribution in [-0.4, -0.2) is 20.4 Å². The molecule has 0 fully saturated rings. The van der Waals surface area contributed by atoms with Crippen molar-refractivity contribution in [2.45, 2.75) is 13.1 Å². The summed E-state index contributed by atoms with van der Waals surface area (Å²) in [6.45, 7) is 0.295. The lowest BCUT2D eigenvalue weighted by atomic mass is 10.3. The number of amides is 1. The van der Waals surface area contributed by atoms with Crippen molar-refractivity contribution in [1.82, 2.24) is 19.9 Å². The summed E-state index contributed by atoms with van der Waals surface area (Å²) in [5, 5.41) is 2.74. The lowest BCUT2D eigenvalue weighted by Crippen LogP contribution is -2.31. The van der Waals surface area contributed by atoms with Gasteiger partial charge in [-0.3, -0.25) is 19.1 Å². The van der Waals surface area contributed by atoms with Crippen LogP contribution in [0.3, 0.4) is 0 Å². The Hall–Kier alpha value is -3.22. The maximum absolute atomic E-state index is 12.0.